The molecule has 1 nitrogen and oxygen atoms in total. The molecular formula is C10H19F2N. The molecule has 1 aliphatic carbocycles. The van der Waals surface area contributed by atoms with E-state index in [1.807, 2.05) is 0 Å². The van der Waals surface area contributed by atoms with Crippen LogP contribution >= 0.6 is 0 Å². The van der Waals surface area contributed by atoms with Crippen LogP contribution in [0.3, 0.4) is 0 Å². The van der Waals surface area contributed by atoms with Gasteiger partial charge in [-0.1, -0.05) is 25.7 Å². The lowest BCUT2D eigenvalue weighted by atomic mass is 9.80. The first kappa shape index (κ1) is 10.9. The van der Waals surface area contributed by atoms with Gasteiger partial charge in [0.25, 0.3) is 0 Å². The lowest BCUT2D eigenvalue weighted by Crippen LogP contribution is -2.38. The number of rotatable bonds is 3. The second kappa shape index (κ2) is 4.89. The zero-order chi connectivity index (χ0) is 9.73. The first-order valence-electron chi connectivity index (χ1n) is 5.14. The lowest BCUT2D eigenvalue weighted by molar-refractivity contribution is -0.0148. The average molecular weight is 191 g/mol. The molecule has 0 aromatic heterocycles. The van der Waals surface area contributed by atoms with Crippen LogP contribution in [0.25, 0.3) is 0 Å². The Bertz CT molecular complexity index is 140. The average Bonchev–Trinajstić information content (AvgIpc) is 2.31. The van der Waals surface area contributed by atoms with E-state index in [1.54, 1.807) is 7.05 Å². The van der Waals surface area contributed by atoms with E-state index in [9.17, 15) is 8.78 Å². The highest BCUT2D eigenvalue weighted by molar-refractivity contribution is 4.85. The van der Waals surface area contributed by atoms with Crippen molar-refractivity contribution in [3.05, 3.63) is 0 Å². The molecule has 0 radical (unpaired) electrons. The fraction of sp³-hybridized carbons (Fsp3) is 1.00. The van der Waals surface area contributed by atoms with Gasteiger partial charge in [-0.2, -0.15) is 0 Å². The Kier molecular flexibility index (Phi) is 4.10. The van der Waals surface area contributed by atoms with Crippen LogP contribution in [0, 0.1) is 5.41 Å². The van der Waals surface area contributed by atoms with E-state index in [-0.39, 0.29) is 0 Å². The van der Waals surface area contributed by atoms with Crippen LogP contribution in [0.1, 0.15) is 38.5 Å². The molecule has 1 N–H and O–H groups in total. The summed E-state index contributed by atoms with van der Waals surface area (Å²) in [5.74, 6) is 0. The van der Waals surface area contributed by atoms with E-state index in [2.05, 4.69) is 5.32 Å². The summed E-state index contributed by atoms with van der Waals surface area (Å²) in [5, 5.41) is 2.91. The standard InChI is InChI=1S/C10H19F2N/c1-13-8-10(9(11)12)6-4-2-3-5-7-10/h9,13H,2-8H2,1H3. The van der Waals surface area contributed by atoms with Crippen molar-refractivity contribution in [1.29, 1.82) is 0 Å². The van der Waals surface area contributed by atoms with Crippen LogP contribution in [-0.2, 0) is 0 Å². The Morgan fingerprint density at radius 2 is 1.69 bits per heavy atom. The molecule has 1 fully saturated rings. The number of hydrogen-bond acceptors (Lipinski definition) is 1. The van der Waals surface area contributed by atoms with Crippen LogP contribution in [0.5, 0.6) is 0 Å². The quantitative estimate of drug-likeness (QED) is 0.676. The molecule has 78 valence electrons. The van der Waals surface area contributed by atoms with Gasteiger partial charge >= 0.3 is 0 Å². The van der Waals surface area contributed by atoms with Crippen molar-refractivity contribution in [1.82, 2.24) is 5.32 Å². The predicted molar refractivity (Wildman–Crippen MR) is 50.1 cm³/mol. The van der Waals surface area contributed by atoms with E-state index >= 15 is 0 Å². The molecule has 1 saturated carbocycles. The zero-order valence-corrected chi connectivity index (χ0v) is 8.28. The summed E-state index contributed by atoms with van der Waals surface area (Å²) in [5.41, 5.74) is -0.731. The van der Waals surface area contributed by atoms with Gasteiger partial charge in [-0.15, -0.1) is 0 Å². The Morgan fingerprint density at radius 3 is 2.08 bits per heavy atom. The molecular weight excluding hydrogens is 172 g/mol. The van der Waals surface area contributed by atoms with Gasteiger partial charge in [0.15, 0.2) is 0 Å². The fourth-order valence-corrected chi connectivity index (χ4v) is 2.26. The monoisotopic (exact) mass is 191 g/mol. The molecule has 0 aromatic carbocycles. The minimum atomic E-state index is -2.17. The Balaban J connectivity index is 2.62. The van der Waals surface area contributed by atoms with Crippen molar-refractivity contribution in [2.75, 3.05) is 13.6 Å². The highest BCUT2D eigenvalue weighted by Gasteiger charge is 2.39. The highest BCUT2D eigenvalue weighted by atomic mass is 19.3. The number of nitrogens with one attached hydrogen (secondary N) is 1. The Labute approximate surface area is 78.9 Å². The zero-order valence-electron chi connectivity index (χ0n) is 8.28. The summed E-state index contributed by atoms with van der Waals surface area (Å²) < 4.78 is 25.8. The molecule has 0 unspecified atom stereocenters. The van der Waals surface area contributed by atoms with Gasteiger partial charge in [0.05, 0.1) is 0 Å². The molecule has 3 heteroatoms. The van der Waals surface area contributed by atoms with Crippen LogP contribution < -0.4 is 5.32 Å². The molecule has 0 amide bonds. The van der Waals surface area contributed by atoms with Gasteiger partial charge < -0.3 is 5.32 Å². The molecule has 1 aliphatic rings. The van der Waals surface area contributed by atoms with Gasteiger partial charge in [0, 0.05) is 12.0 Å². The first-order chi connectivity index (χ1) is 6.21. The van der Waals surface area contributed by atoms with E-state index < -0.39 is 11.8 Å². The van der Waals surface area contributed by atoms with Crippen LogP contribution in [0.15, 0.2) is 0 Å². The predicted octanol–water partition coefficient (Wildman–Crippen LogP) is 2.81. The molecule has 0 bridgehead atoms. The molecule has 0 saturated heterocycles. The Morgan fingerprint density at radius 1 is 1.15 bits per heavy atom. The molecule has 0 aliphatic heterocycles. The molecule has 0 spiro atoms. The summed E-state index contributed by atoms with van der Waals surface area (Å²) in [4.78, 5) is 0. The molecule has 0 heterocycles. The maximum atomic E-state index is 12.9. The summed E-state index contributed by atoms with van der Waals surface area (Å²) in [6.45, 7) is 0.463. The maximum Gasteiger partial charge on any atom is 0.245 e. The van der Waals surface area contributed by atoms with Crippen molar-refractivity contribution in [3.63, 3.8) is 0 Å². The molecule has 0 aromatic rings. The third-order valence-electron chi connectivity index (χ3n) is 3.09. The van der Waals surface area contributed by atoms with Gasteiger partial charge in [-0.05, 0) is 19.9 Å². The minimum Gasteiger partial charge on any atom is -0.319 e. The van der Waals surface area contributed by atoms with Crippen molar-refractivity contribution in [2.24, 2.45) is 5.41 Å². The van der Waals surface area contributed by atoms with E-state index in [4.69, 9.17) is 0 Å². The van der Waals surface area contributed by atoms with E-state index in [1.165, 1.54) is 0 Å². The molecule has 13 heavy (non-hydrogen) atoms. The SMILES string of the molecule is CNCC1(C(F)F)CCCCCC1. The Hall–Kier alpha value is -0.180. The first-order valence-corrected chi connectivity index (χ1v) is 5.14. The highest BCUT2D eigenvalue weighted by Crippen LogP contribution is 2.39. The molecule has 1 rings (SSSR count). The largest absolute Gasteiger partial charge is 0.319 e. The second-order valence-electron chi connectivity index (χ2n) is 4.11. The van der Waals surface area contributed by atoms with E-state index in [0.717, 1.165) is 25.7 Å². The number of alkyl halides is 2. The second-order valence-corrected chi connectivity index (χ2v) is 4.11. The summed E-state index contributed by atoms with van der Waals surface area (Å²) in [6.07, 6.45) is 3.38. The van der Waals surface area contributed by atoms with Gasteiger partial charge in [0.2, 0.25) is 6.43 Å². The van der Waals surface area contributed by atoms with Crippen LogP contribution in [0.2, 0.25) is 0 Å². The van der Waals surface area contributed by atoms with Crippen molar-refractivity contribution >= 4 is 0 Å². The lowest BCUT2D eigenvalue weighted by Gasteiger charge is -2.31. The topological polar surface area (TPSA) is 12.0 Å². The summed E-state index contributed by atoms with van der Waals surface area (Å²) >= 11 is 0. The van der Waals surface area contributed by atoms with Gasteiger partial charge in [0.1, 0.15) is 0 Å². The van der Waals surface area contributed by atoms with Crippen molar-refractivity contribution in [2.45, 2.75) is 45.0 Å². The van der Waals surface area contributed by atoms with Gasteiger partial charge in [-0.3, -0.25) is 0 Å². The van der Waals surface area contributed by atoms with Crippen molar-refractivity contribution < 1.29 is 8.78 Å². The minimum absolute atomic E-state index is 0.463. The fourth-order valence-electron chi connectivity index (χ4n) is 2.26. The maximum absolute atomic E-state index is 12.9. The summed E-state index contributed by atoms with van der Waals surface area (Å²) in [6, 6.07) is 0. The van der Waals surface area contributed by atoms with Gasteiger partial charge in [-0.25, -0.2) is 8.78 Å². The third-order valence-corrected chi connectivity index (χ3v) is 3.09. The smallest absolute Gasteiger partial charge is 0.245 e. The van der Waals surface area contributed by atoms with Crippen molar-refractivity contribution in [3.8, 4) is 0 Å². The van der Waals surface area contributed by atoms with E-state index in [0.29, 0.717) is 19.4 Å². The number of halogens is 2. The van der Waals surface area contributed by atoms with Crippen LogP contribution in [0.4, 0.5) is 8.78 Å². The summed E-state index contributed by atoms with van der Waals surface area (Å²) in [7, 11) is 1.76. The number of hydrogen-bond donors (Lipinski definition) is 1. The third kappa shape index (κ3) is 2.63. The normalized spacial score (nSPS) is 23.1. The van der Waals surface area contributed by atoms with Crippen LogP contribution in [-0.4, -0.2) is 20.0 Å². The molecule has 0 atom stereocenters.